The van der Waals surface area contributed by atoms with E-state index in [9.17, 15) is 14.4 Å². The maximum absolute atomic E-state index is 12.9. The summed E-state index contributed by atoms with van der Waals surface area (Å²) in [5.41, 5.74) is 0. The number of hydrogen-bond acceptors (Lipinski definition) is 10. The Bertz CT molecular complexity index is 1170. The molecule has 66 heavy (non-hydrogen) atoms. The van der Waals surface area contributed by atoms with Gasteiger partial charge >= 0.3 is 18.1 Å². The van der Waals surface area contributed by atoms with Crippen LogP contribution in [-0.2, 0) is 38.0 Å². The van der Waals surface area contributed by atoms with Gasteiger partial charge in [-0.2, -0.15) is 0 Å². The van der Waals surface area contributed by atoms with Gasteiger partial charge in [-0.15, -0.1) is 0 Å². The predicted octanol–water partition coefficient (Wildman–Crippen LogP) is 15.1. The molecule has 0 N–H and O–H groups in total. The van der Waals surface area contributed by atoms with Gasteiger partial charge in [-0.1, -0.05) is 141 Å². The van der Waals surface area contributed by atoms with E-state index in [-0.39, 0.29) is 51.1 Å². The van der Waals surface area contributed by atoms with E-state index in [1.165, 1.54) is 64.2 Å². The topological polar surface area (TPSA) is 110 Å². The molecule has 1 unspecified atom stereocenters. The highest BCUT2D eigenvalue weighted by molar-refractivity contribution is 5.69. The van der Waals surface area contributed by atoms with Crippen LogP contribution in [-0.4, -0.2) is 88.6 Å². The fraction of sp³-hybridized carbons (Fsp3) is 0.804. The van der Waals surface area contributed by atoms with Crippen LogP contribution in [0.5, 0.6) is 0 Å². The summed E-state index contributed by atoms with van der Waals surface area (Å²) in [6.45, 7) is 15.0. The maximum Gasteiger partial charge on any atom is 0.508 e. The van der Waals surface area contributed by atoms with Crippen LogP contribution in [0.3, 0.4) is 0 Å². The normalized spacial score (nSPS) is 12.5. The highest BCUT2D eigenvalue weighted by Crippen LogP contribution is 2.14. The van der Waals surface area contributed by atoms with Crippen molar-refractivity contribution in [1.29, 1.82) is 0 Å². The van der Waals surface area contributed by atoms with Gasteiger partial charge in [-0.05, 0) is 129 Å². The third-order valence-corrected chi connectivity index (χ3v) is 11.5. The number of hydrogen-bond donors (Lipinski definition) is 0. The highest BCUT2D eigenvalue weighted by Gasteiger charge is 2.19. The summed E-state index contributed by atoms with van der Waals surface area (Å²) < 4.78 is 34.2. The molecule has 0 spiro atoms. The van der Waals surface area contributed by atoms with Crippen LogP contribution in [0.2, 0.25) is 0 Å². The van der Waals surface area contributed by atoms with Gasteiger partial charge in [-0.3, -0.25) is 9.59 Å². The molecule has 0 saturated heterocycles. The number of esters is 2. The Balaban J connectivity index is 4.85. The number of ether oxygens (including phenoxy) is 6. The molecule has 1 atom stereocenters. The lowest BCUT2D eigenvalue weighted by Gasteiger charge is -2.19. The second-order valence-corrected chi connectivity index (χ2v) is 17.6. The van der Waals surface area contributed by atoms with Gasteiger partial charge in [0, 0.05) is 19.4 Å². The number of allylic oxidation sites excluding steroid dienone is 8. The van der Waals surface area contributed by atoms with E-state index < -0.39 is 12.1 Å². The van der Waals surface area contributed by atoms with Crippen molar-refractivity contribution in [1.82, 2.24) is 4.90 Å². The number of rotatable bonds is 49. The zero-order valence-electron chi connectivity index (χ0n) is 43.3. The SMILES string of the molecule is CCCCC/C=C\C/C=C\CCCCCCCC(=O)OCC(COC(=O)CCCCC(OCCC/C=C\CCCCC)OCCC/C=C\CCCCC)COC(=O)OCCCN(CC)CC. The molecule has 0 heterocycles. The molecule has 0 amide bonds. The van der Waals surface area contributed by atoms with Crippen molar-refractivity contribution in [3.63, 3.8) is 0 Å². The van der Waals surface area contributed by atoms with Crippen LogP contribution in [0.15, 0.2) is 48.6 Å². The van der Waals surface area contributed by atoms with Crippen molar-refractivity contribution in [2.75, 3.05) is 59.3 Å². The van der Waals surface area contributed by atoms with E-state index in [1.54, 1.807) is 0 Å². The number of carbonyl (C=O) groups excluding carboxylic acids is 3. The Morgan fingerprint density at radius 2 is 0.848 bits per heavy atom. The second-order valence-electron chi connectivity index (χ2n) is 17.6. The fourth-order valence-corrected chi connectivity index (χ4v) is 7.12. The molecule has 0 aliphatic rings. The zero-order chi connectivity index (χ0) is 48.2. The van der Waals surface area contributed by atoms with E-state index in [1.807, 2.05) is 0 Å². The van der Waals surface area contributed by atoms with Crippen LogP contribution >= 0.6 is 0 Å². The highest BCUT2D eigenvalue weighted by atomic mass is 16.7. The molecule has 0 aliphatic carbocycles. The van der Waals surface area contributed by atoms with E-state index in [0.29, 0.717) is 38.9 Å². The first-order chi connectivity index (χ1) is 32.4. The van der Waals surface area contributed by atoms with E-state index in [0.717, 1.165) is 110 Å². The first-order valence-electron chi connectivity index (χ1n) is 27.1. The molecule has 0 aromatic carbocycles. The van der Waals surface area contributed by atoms with Crippen molar-refractivity contribution in [2.24, 2.45) is 5.92 Å². The van der Waals surface area contributed by atoms with Crippen molar-refractivity contribution in [3.05, 3.63) is 48.6 Å². The molecule has 384 valence electrons. The Hall–Kier alpha value is -2.95. The minimum Gasteiger partial charge on any atom is -0.465 e. The molecule has 0 fully saturated rings. The lowest BCUT2D eigenvalue weighted by atomic mass is 10.1. The first kappa shape index (κ1) is 63.0. The summed E-state index contributed by atoms with van der Waals surface area (Å²) in [7, 11) is 0. The molecule has 0 radical (unpaired) electrons. The van der Waals surface area contributed by atoms with E-state index in [4.69, 9.17) is 28.4 Å². The predicted molar refractivity (Wildman–Crippen MR) is 274 cm³/mol. The standard InChI is InChI=1S/C56H101NO9/c1-6-11-14-17-20-23-24-25-26-27-28-29-30-33-36-42-53(58)64-49-52(51-66-56(60)63-48-41-45-57(9-4)10-5)50-65-54(59)43-37-38-44-55(61-46-39-34-31-21-18-15-12-7-2)62-47-40-35-32-22-19-16-13-8-3/h20-23,25-26,31-32,52,55H,6-19,24,27-30,33-51H2,1-5H3/b23-20-,26-25-,31-21-,32-22-. The molecule has 0 rings (SSSR count). The monoisotopic (exact) mass is 932 g/mol. The summed E-state index contributed by atoms with van der Waals surface area (Å²) >= 11 is 0. The summed E-state index contributed by atoms with van der Waals surface area (Å²) in [6, 6.07) is 0. The van der Waals surface area contributed by atoms with Crippen molar-refractivity contribution < 1.29 is 42.8 Å². The minimum atomic E-state index is -0.779. The van der Waals surface area contributed by atoms with Crippen molar-refractivity contribution >= 4 is 18.1 Å². The first-order valence-corrected chi connectivity index (χ1v) is 27.1. The van der Waals surface area contributed by atoms with Gasteiger partial charge in [0.2, 0.25) is 0 Å². The number of carbonyl (C=O) groups is 3. The summed E-state index contributed by atoms with van der Waals surface area (Å²) in [5.74, 6) is -1.15. The molecule has 0 bridgehead atoms. The van der Waals surface area contributed by atoms with Crippen LogP contribution in [0.1, 0.15) is 221 Å². The van der Waals surface area contributed by atoms with Crippen LogP contribution in [0.25, 0.3) is 0 Å². The zero-order valence-corrected chi connectivity index (χ0v) is 43.3. The van der Waals surface area contributed by atoms with Gasteiger partial charge in [0.15, 0.2) is 6.29 Å². The Morgan fingerprint density at radius 1 is 0.424 bits per heavy atom. The fourth-order valence-electron chi connectivity index (χ4n) is 7.12. The van der Waals surface area contributed by atoms with Crippen LogP contribution in [0.4, 0.5) is 4.79 Å². The largest absolute Gasteiger partial charge is 0.508 e. The van der Waals surface area contributed by atoms with Gasteiger partial charge in [-0.25, -0.2) is 4.79 Å². The van der Waals surface area contributed by atoms with Gasteiger partial charge in [0.1, 0.15) is 19.8 Å². The van der Waals surface area contributed by atoms with Crippen molar-refractivity contribution in [3.8, 4) is 0 Å². The molecule has 0 saturated carbocycles. The lowest BCUT2D eigenvalue weighted by Crippen LogP contribution is -2.27. The Kier molecular flexibility index (Phi) is 49.1. The maximum atomic E-state index is 12.9. The van der Waals surface area contributed by atoms with Gasteiger partial charge in [0.25, 0.3) is 0 Å². The quantitative estimate of drug-likeness (QED) is 0.0192. The average molecular weight is 932 g/mol. The number of unbranched alkanes of at least 4 members (excludes halogenated alkanes) is 17. The summed E-state index contributed by atoms with van der Waals surface area (Å²) in [6.07, 6.45) is 46.3. The minimum absolute atomic E-state index is 0.0126. The molecule has 10 nitrogen and oxygen atoms in total. The Morgan fingerprint density at radius 3 is 1.35 bits per heavy atom. The smallest absolute Gasteiger partial charge is 0.465 e. The van der Waals surface area contributed by atoms with Crippen LogP contribution < -0.4 is 0 Å². The molecular formula is C56H101NO9. The second kappa shape index (κ2) is 51.4. The molecule has 0 aliphatic heterocycles. The van der Waals surface area contributed by atoms with E-state index in [2.05, 4.69) is 88.1 Å². The third-order valence-electron chi connectivity index (χ3n) is 11.5. The lowest BCUT2D eigenvalue weighted by molar-refractivity contribution is -0.151. The molecule has 0 aromatic rings. The number of nitrogens with zero attached hydrogens (tertiary/aromatic N) is 1. The van der Waals surface area contributed by atoms with Crippen molar-refractivity contribution in [2.45, 2.75) is 227 Å². The van der Waals surface area contributed by atoms with E-state index >= 15 is 0 Å². The molecular weight excluding hydrogens is 831 g/mol. The van der Waals surface area contributed by atoms with Gasteiger partial charge < -0.3 is 33.3 Å². The molecule has 10 heteroatoms. The third kappa shape index (κ3) is 46.2. The molecule has 0 aromatic heterocycles. The van der Waals surface area contributed by atoms with Crippen LogP contribution in [0, 0.1) is 5.92 Å². The summed E-state index contributed by atoms with van der Waals surface area (Å²) in [5, 5.41) is 0. The Labute approximate surface area is 405 Å². The summed E-state index contributed by atoms with van der Waals surface area (Å²) in [4.78, 5) is 40.2. The average Bonchev–Trinajstić information content (AvgIpc) is 3.32. The van der Waals surface area contributed by atoms with Gasteiger partial charge in [0.05, 0.1) is 25.7 Å².